The highest BCUT2D eigenvalue weighted by atomic mass is 19.3. The summed E-state index contributed by atoms with van der Waals surface area (Å²) < 4.78 is 23.8. The summed E-state index contributed by atoms with van der Waals surface area (Å²) in [4.78, 5) is 0. The molecule has 0 amide bonds. The summed E-state index contributed by atoms with van der Waals surface area (Å²) in [6.07, 6.45) is -2.71. The quantitative estimate of drug-likeness (QED) is 0.659. The summed E-state index contributed by atoms with van der Waals surface area (Å²) in [6, 6.07) is 2.96. The van der Waals surface area contributed by atoms with E-state index >= 15 is 0 Å². The topological polar surface area (TPSA) is 40.5 Å². The van der Waals surface area contributed by atoms with Crippen LogP contribution in [-0.4, -0.2) is 10.2 Å². The average molecular weight is 160 g/mol. The molecule has 0 bridgehead atoms. The molecule has 0 unspecified atom stereocenters. The fourth-order valence-electron chi connectivity index (χ4n) is 0.717. The molecule has 0 radical (unpaired) electrons. The van der Waals surface area contributed by atoms with E-state index in [2.05, 4.69) is 0 Å². The van der Waals surface area contributed by atoms with E-state index in [0.29, 0.717) is 0 Å². The zero-order chi connectivity index (χ0) is 8.43. The summed E-state index contributed by atoms with van der Waals surface area (Å²) in [7, 11) is 0. The number of phenolic OH excluding ortho intramolecular Hbond substituents is 2. The molecule has 0 aromatic heterocycles. The van der Waals surface area contributed by atoms with Crippen LogP contribution in [0.2, 0.25) is 0 Å². The van der Waals surface area contributed by atoms with Crippen molar-refractivity contribution >= 4 is 0 Å². The minimum absolute atomic E-state index is 0.230. The lowest BCUT2D eigenvalue weighted by molar-refractivity contribution is 0.147. The second-order valence-corrected chi connectivity index (χ2v) is 2.04. The number of rotatable bonds is 1. The normalized spacial score (nSPS) is 10.5. The third-order valence-electron chi connectivity index (χ3n) is 1.25. The molecule has 1 aromatic rings. The standard InChI is InChI=1S/C7H6F2O2/c8-7(9)5-2-1-4(10)3-6(5)11/h1-3,7,10-11H. The summed E-state index contributed by atoms with van der Waals surface area (Å²) in [5.41, 5.74) is -0.470. The summed E-state index contributed by atoms with van der Waals surface area (Å²) in [5, 5.41) is 17.5. The number of hydrogen-bond donors (Lipinski definition) is 2. The molecule has 2 nitrogen and oxygen atoms in total. The van der Waals surface area contributed by atoms with Crippen molar-refractivity contribution in [1.82, 2.24) is 0 Å². The summed E-state index contributed by atoms with van der Waals surface area (Å²) in [5.74, 6) is -0.813. The van der Waals surface area contributed by atoms with E-state index < -0.39 is 17.7 Å². The van der Waals surface area contributed by atoms with Crippen LogP contribution >= 0.6 is 0 Å². The van der Waals surface area contributed by atoms with Crippen molar-refractivity contribution in [3.8, 4) is 11.5 Å². The van der Waals surface area contributed by atoms with Crippen molar-refractivity contribution in [2.24, 2.45) is 0 Å². The molecular formula is C7H6F2O2. The molecule has 1 aromatic carbocycles. The largest absolute Gasteiger partial charge is 0.508 e. The zero-order valence-corrected chi connectivity index (χ0v) is 5.46. The van der Waals surface area contributed by atoms with Gasteiger partial charge >= 0.3 is 0 Å². The number of phenols is 2. The minimum atomic E-state index is -2.71. The van der Waals surface area contributed by atoms with E-state index in [0.717, 1.165) is 18.2 Å². The van der Waals surface area contributed by atoms with Crippen LogP contribution in [0.5, 0.6) is 11.5 Å². The molecule has 1 rings (SSSR count). The Morgan fingerprint density at radius 1 is 1.18 bits per heavy atom. The average Bonchev–Trinajstić information content (AvgIpc) is 1.85. The first kappa shape index (κ1) is 7.78. The molecule has 4 heteroatoms. The van der Waals surface area contributed by atoms with Gasteiger partial charge in [0.15, 0.2) is 0 Å². The maximum absolute atomic E-state index is 11.9. The fourth-order valence-corrected chi connectivity index (χ4v) is 0.717. The predicted octanol–water partition coefficient (Wildman–Crippen LogP) is 2.04. The second-order valence-electron chi connectivity index (χ2n) is 2.04. The Labute approximate surface area is 61.7 Å². The predicted molar refractivity (Wildman–Crippen MR) is 34.7 cm³/mol. The summed E-state index contributed by atoms with van der Waals surface area (Å²) in [6.45, 7) is 0. The first-order valence-corrected chi connectivity index (χ1v) is 2.91. The Hall–Kier alpha value is -1.32. The highest BCUT2D eigenvalue weighted by Gasteiger charge is 2.11. The van der Waals surface area contributed by atoms with Crippen molar-refractivity contribution in [3.05, 3.63) is 23.8 Å². The molecule has 0 fully saturated rings. The highest BCUT2D eigenvalue weighted by molar-refractivity contribution is 5.39. The molecule has 0 saturated heterocycles. The van der Waals surface area contributed by atoms with Crippen molar-refractivity contribution in [2.75, 3.05) is 0 Å². The maximum Gasteiger partial charge on any atom is 0.267 e. The van der Waals surface area contributed by atoms with Gasteiger partial charge in [-0.25, -0.2) is 8.78 Å². The van der Waals surface area contributed by atoms with E-state index in [4.69, 9.17) is 10.2 Å². The Morgan fingerprint density at radius 2 is 1.82 bits per heavy atom. The lowest BCUT2D eigenvalue weighted by atomic mass is 10.2. The van der Waals surface area contributed by atoms with E-state index in [-0.39, 0.29) is 5.75 Å². The van der Waals surface area contributed by atoms with Gasteiger partial charge in [0.2, 0.25) is 0 Å². The van der Waals surface area contributed by atoms with Gasteiger partial charge in [0.05, 0.1) is 5.56 Å². The van der Waals surface area contributed by atoms with E-state index in [1.54, 1.807) is 0 Å². The van der Waals surface area contributed by atoms with Crippen molar-refractivity contribution in [3.63, 3.8) is 0 Å². The molecule has 11 heavy (non-hydrogen) atoms. The van der Waals surface area contributed by atoms with E-state index in [9.17, 15) is 8.78 Å². The van der Waals surface area contributed by atoms with Crippen molar-refractivity contribution in [1.29, 1.82) is 0 Å². The lowest BCUT2D eigenvalue weighted by Crippen LogP contribution is -1.83. The van der Waals surface area contributed by atoms with Gasteiger partial charge in [-0.05, 0) is 12.1 Å². The van der Waals surface area contributed by atoms with Crippen LogP contribution in [0.1, 0.15) is 12.0 Å². The fraction of sp³-hybridized carbons (Fsp3) is 0.143. The molecule has 0 heterocycles. The number of hydrogen-bond acceptors (Lipinski definition) is 2. The van der Waals surface area contributed by atoms with Crippen molar-refractivity contribution < 1.29 is 19.0 Å². The van der Waals surface area contributed by atoms with Crippen molar-refractivity contribution in [2.45, 2.75) is 6.43 Å². The summed E-state index contributed by atoms with van der Waals surface area (Å²) >= 11 is 0. The molecule has 0 saturated carbocycles. The van der Waals surface area contributed by atoms with Gasteiger partial charge in [-0.3, -0.25) is 0 Å². The van der Waals surface area contributed by atoms with Gasteiger partial charge in [-0.1, -0.05) is 0 Å². The third-order valence-corrected chi connectivity index (χ3v) is 1.25. The molecule has 2 N–H and O–H groups in total. The zero-order valence-electron chi connectivity index (χ0n) is 5.46. The second kappa shape index (κ2) is 2.74. The van der Waals surface area contributed by atoms with Crippen LogP contribution in [0.4, 0.5) is 8.78 Å². The Balaban J connectivity index is 3.09. The third kappa shape index (κ3) is 1.58. The SMILES string of the molecule is Oc1ccc(C(F)F)c(O)c1. The van der Waals surface area contributed by atoms with Gasteiger partial charge in [-0.15, -0.1) is 0 Å². The van der Waals surface area contributed by atoms with Gasteiger partial charge in [0.25, 0.3) is 6.43 Å². The molecule has 0 aliphatic carbocycles. The maximum atomic E-state index is 11.9. The molecule has 0 aliphatic rings. The Kier molecular flexibility index (Phi) is 1.94. The van der Waals surface area contributed by atoms with Crippen LogP contribution in [0.15, 0.2) is 18.2 Å². The first-order valence-electron chi connectivity index (χ1n) is 2.91. The smallest absolute Gasteiger partial charge is 0.267 e. The number of benzene rings is 1. The van der Waals surface area contributed by atoms with Crippen LogP contribution in [0, 0.1) is 0 Å². The van der Waals surface area contributed by atoms with E-state index in [1.807, 2.05) is 0 Å². The van der Waals surface area contributed by atoms with Gasteiger partial charge in [0, 0.05) is 6.07 Å². The van der Waals surface area contributed by atoms with Crippen LogP contribution in [0.3, 0.4) is 0 Å². The van der Waals surface area contributed by atoms with Gasteiger partial charge in [-0.2, -0.15) is 0 Å². The van der Waals surface area contributed by atoms with Gasteiger partial charge < -0.3 is 10.2 Å². The molecule has 0 atom stereocenters. The molecular weight excluding hydrogens is 154 g/mol. The molecule has 60 valence electrons. The van der Waals surface area contributed by atoms with Crippen LogP contribution in [0.25, 0.3) is 0 Å². The monoisotopic (exact) mass is 160 g/mol. The molecule has 0 spiro atoms. The Bertz CT molecular complexity index is 261. The number of alkyl halides is 2. The minimum Gasteiger partial charge on any atom is -0.508 e. The van der Waals surface area contributed by atoms with Crippen LogP contribution < -0.4 is 0 Å². The number of halogens is 2. The van der Waals surface area contributed by atoms with Crippen LogP contribution in [-0.2, 0) is 0 Å². The van der Waals surface area contributed by atoms with E-state index in [1.165, 1.54) is 0 Å². The van der Waals surface area contributed by atoms with Gasteiger partial charge in [0.1, 0.15) is 11.5 Å². The first-order chi connectivity index (χ1) is 5.11. The highest BCUT2D eigenvalue weighted by Crippen LogP contribution is 2.30. The molecule has 0 aliphatic heterocycles. The number of aromatic hydroxyl groups is 2. The lowest BCUT2D eigenvalue weighted by Gasteiger charge is -2.01. The Morgan fingerprint density at radius 3 is 2.27 bits per heavy atom.